The number of rotatable bonds is 4. The summed E-state index contributed by atoms with van der Waals surface area (Å²) in [6.07, 6.45) is 1.95. The van der Waals surface area contributed by atoms with Crippen molar-refractivity contribution in [1.29, 1.82) is 0 Å². The van der Waals surface area contributed by atoms with Gasteiger partial charge in [0.1, 0.15) is 10.8 Å². The molecule has 2 aromatic heterocycles. The van der Waals surface area contributed by atoms with Crippen LogP contribution in [0.4, 0.5) is 0 Å². The number of aromatic nitrogens is 2. The van der Waals surface area contributed by atoms with Crippen LogP contribution in [0.3, 0.4) is 0 Å². The van der Waals surface area contributed by atoms with Gasteiger partial charge in [0.25, 0.3) is 0 Å². The number of pyridine rings is 1. The van der Waals surface area contributed by atoms with Gasteiger partial charge < -0.3 is 5.11 Å². The number of aromatic hydroxyl groups is 1. The molecule has 0 saturated carbocycles. The third-order valence-electron chi connectivity index (χ3n) is 9.53. The molecule has 51 heavy (non-hydrogen) atoms. The van der Waals surface area contributed by atoms with E-state index in [0.717, 1.165) is 48.7 Å². The molecule has 1 N–H and O–H groups in total. The molecule has 268 valence electrons. The zero-order chi connectivity index (χ0) is 36.4. The SMILES string of the molecule is CC(C)(C)c1cc(-c2ccnc(-c3[c-]c(-c4cccc5sc(-c6ccccc6O)nc45)c(C(C)(C)C)cc3C(C)(C)C)c2)cc(C(C)(C)C)c1.[Pt]. The zero-order valence-corrected chi connectivity index (χ0v) is 35.2. The van der Waals surface area contributed by atoms with Gasteiger partial charge in [-0.05, 0) is 68.2 Å². The Morgan fingerprint density at radius 1 is 0.588 bits per heavy atom. The number of phenols is 1. The number of thiazole rings is 1. The van der Waals surface area contributed by atoms with E-state index in [1.807, 2.05) is 24.4 Å². The summed E-state index contributed by atoms with van der Waals surface area (Å²) in [5, 5.41) is 11.5. The summed E-state index contributed by atoms with van der Waals surface area (Å²) >= 11 is 1.60. The number of nitrogens with zero attached hydrogens (tertiary/aromatic N) is 2. The predicted molar refractivity (Wildman–Crippen MR) is 214 cm³/mol. The fourth-order valence-electron chi connectivity index (χ4n) is 6.47. The largest absolute Gasteiger partial charge is 0.507 e. The first-order chi connectivity index (χ1) is 23.2. The van der Waals surface area contributed by atoms with E-state index in [4.69, 9.17) is 9.97 Å². The summed E-state index contributed by atoms with van der Waals surface area (Å²) in [6, 6.07) is 31.6. The molecule has 3 nitrogen and oxygen atoms in total. The summed E-state index contributed by atoms with van der Waals surface area (Å²) in [7, 11) is 0. The summed E-state index contributed by atoms with van der Waals surface area (Å²) < 4.78 is 1.07. The minimum atomic E-state index is -0.158. The van der Waals surface area contributed by atoms with E-state index in [1.54, 1.807) is 17.4 Å². The number of phenolic OH excluding ortho intramolecular Hbond substituents is 1. The predicted octanol–water partition coefficient (Wildman–Crippen LogP) is 13.1. The van der Waals surface area contributed by atoms with Crippen LogP contribution in [0.5, 0.6) is 5.75 Å². The summed E-state index contributed by atoms with van der Waals surface area (Å²) in [5.74, 6) is 0.237. The Hall–Kier alpha value is -3.59. The zero-order valence-electron chi connectivity index (χ0n) is 32.1. The summed E-state index contributed by atoms with van der Waals surface area (Å²) in [5.41, 5.74) is 12.8. The minimum Gasteiger partial charge on any atom is -0.507 e. The Kier molecular flexibility index (Phi) is 10.4. The van der Waals surface area contributed by atoms with Gasteiger partial charge in [-0.3, -0.25) is 4.98 Å². The van der Waals surface area contributed by atoms with Gasteiger partial charge in [0.05, 0.1) is 11.1 Å². The molecule has 0 aliphatic rings. The number of benzene rings is 4. The maximum absolute atomic E-state index is 10.7. The Labute approximate surface area is 323 Å². The van der Waals surface area contributed by atoms with Crippen molar-refractivity contribution in [2.45, 2.75) is 105 Å². The standard InChI is InChI=1S/C46H51N2OS.Pt/c1-43(2,3)30-22-29(23-31(25-30)44(4,5)6)28-20-21-47-38(24-28)35-26-34(36(45(7,8)9)27-37(35)46(10,11)12)32-17-15-19-40-41(32)48-42(50-40)33-16-13-14-18-39(33)49;/h13-25,27,49H,1-12H3;/q-1;. The second-order valence-electron chi connectivity index (χ2n) is 17.8. The van der Waals surface area contributed by atoms with Crippen molar-refractivity contribution >= 4 is 21.6 Å². The Morgan fingerprint density at radius 3 is 1.76 bits per heavy atom. The molecule has 0 spiro atoms. The Bertz CT molecular complexity index is 2190. The van der Waals surface area contributed by atoms with E-state index < -0.39 is 0 Å². The molecule has 0 amide bonds. The van der Waals surface area contributed by atoms with Crippen molar-refractivity contribution in [3.05, 3.63) is 113 Å². The van der Waals surface area contributed by atoms with Crippen LogP contribution in [0.2, 0.25) is 0 Å². The van der Waals surface area contributed by atoms with Crippen LogP contribution >= 0.6 is 11.3 Å². The number of hydrogen-bond donors (Lipinski definition) is 1. The van der Waals surface area contributed by atoms with E-state index >= 15 is 0 Å². The van der Waals surface area contributed by atoms with E-state index in [2.05, 4.69) is 144 Å². The second-order valence-corrected chi connectivity index (χ2v) is 18.8. The van der Waals surface area contributed by atoms with E-state index in [-0.39, 0.29) is 48.5 Å². The summed E-state index contributed by atoms with van der Waals surface area (Å²) in [4.78, 5) is 10.2. The van der Waals surface area contributed by atoms with Crippen molar-refractivity contribution in [3.8, 4) is 49.8 Å². The Balaban J connectivity index is 0.00000504. The molecule has 2 heterocycles. The molecule has 0 bridgehead atoms. The van der Waals surface area contributed by atoms with Crippen LogP contribution < -0.4 is 0 Å². The topological polar surface area (TPSA) is 46.0 Å². The maximum Gasteiger partial charge on any atom is 0.127 e. The van der Waals surface area contributed by atoms with Gasteiger partial charge in [-0.15, -0.1) is 40.2 Å². The molecule has 6 aromatic rings. The van der Waals surface area contributed by atoms with Gasteiger partial charge in [-0.25, -0.2) is 4.98 Å². The molecule has 0 radical (unpaired) electrons. The van der Waals surface area contributed by atoms with Crippen molar-refractivity contribution in [2.75, 3.05) is 0 Å². The second kappa shape index (κ2) is 13.8. The molecular weight excluding hydrogens is 824 g/mol. The van der Waals surface area contributed by atoms with Crippen LogP contribution in [-0.4, -0.2) is 15.1 Å². The van der Waals surface area contributed by atoms with Crippen molar-refractivity contribution in [1.82, 2.24) is 9.97 Å². The Morgan fingerprint density at radius 2 is 1.18 bits per heavy atom. The molecule has 6 rings (SSSR count). The quantitative estimate of drug-likeness (QED) is 0.180. The van der Waals surface area contributed by atoms with Crippen LogP contribution in [0, 0.1) is 6.07 Å². The molecule has 0 aliphatic carbocycles. The van der Waals surface area contributed by atoms with Crippen molar-refractivity contribution in [2.24, 2.45) is 0 Å². The van der Waals surface area contributed by atoms with Gasteiger partial charge in [-0.2, -0.15) is 0 Å². The molecule has 0 aliphatic heterocycles. The molecule has 0 fully saturated rings. The van der Waals surface area contributed by atoms with Gasteiger partial charge in [-0.1, -0.05) is 143 Å². The molecule has 4 aromatic carbocycles. The molecule has 0 atom stereocenters. The average Bonchev–Trinajstić information content (AvgIpc) is 3.47. The first-order valence-electron chi connectivity index (χ1n) is 17.6. The van der Waals surface area contributed by atoms with Crippen LogP contribution in [0.15, 0.2) is 85.1 Å². The normalized spacial score (nSPS) is 12.6. The third-order valence-corrected chi connectivity index (χ3v) is 10.6. The number of hydrogen-bond acceptors (Lipinski definition) is 4. The van der Waals surface area contributed by atoms with Crippen molar-refractivity contribution < 1.29 is 26.2 Å². The van der Waals surface area contributed by atoms with Gasteiger partial charge >= 0.3 is 0 Å². The van der Waals surface area contributed by atoms with Crippen LogP contribution in [-0.2, 0) is 42.7 Å². The molecular formula is C46H51N2OPtS-. The smallest absolute Gasteiger partial charge is 0.127 e. The van der Waals surface area contributed by atoms with E-state index in [9.17, 15) is 5.11 Å². The fourth-order valence-corrected chi connectivity index (χ4v) is 7.50. The van der Waals surface area contributed by atoms with Gasteiger partial charge in [0.2, 0.25) is 0 Å². The van der Waals surface area contributed by atoms with Crippen LogP contribution in [0.1, 0.15) is 105 Å². The minimum absolute atomic E-state index is 0. The maximum atomic E-state index is 10.7. The van der Waals surface area contributed by atoms with E-state index in [1.165, 1.54) is 27.8 Å². The number of para-hydroxylation sites is 2. The third kappa shape index (κ3) is 7.93. The molecule has 0 saturated heterocycles. The fraction of sp³-hybridized carbons (Fsp3) is 0.348. The molecule has 5 heteroatoms. The van der Waals surface area contributed by atoms with E-state index in [0.29, 0.717) is 0 Å². The van der Waals surface area contributed by atoms with Gasteiger partial charge in [0.15, 0.2) is 0 Å². The average molecular weight is 875 g/mol. The van der Waals surface area contributed by atoms with Crippen molar-refractivity contribution in [3.63, 3.8) is 0 Å². The summed E-state index contributed by atoms with van der Waals surface area (Å²) in [6.45, 7) is 27.4. The van der Waals surface area contributed by atoms with Crippen LogP contribution in [0.25, 0.3) is 54.3 Å². The number of fused-ring (bicyclic) bond motifs is 1. The monoisotopic (exact) mass is 874 g/mol. The van der Waals surface area contributed by atoms with Gasteiger partial charge in [0, 0.05) is 37.7 Å². The first-order valence-corrected chi connectivity index (χ1v) is 18.5. The molecule has 0 unspecified atom stereocenters. The first kappa shape index (κ1) is 38.6.